The number of amides is 2. The quantitative estimate of drug-likeness (QED) is 0.707. The minimum atomic E-state index is -1.04. The lowest BCUT2D eigenvalue weighted by atomic mass is 9.72. The number of hydrogen-bond acceptors (Lipinski definition) is 5. The van der Waals surface area contributed by atoms with E-state index in [9.17, 15) is 9.59 Å². The molecule has 2 aromatic carbocycles. The fraction of sp³-hybridized carbons (Fsp3) is 0.286. The second-order valence-corrected chi connectivity index (χ2v) is 9.26. The number of thiocarbonyl (C=S) groups is 1. The van der Waals surface area contributed by atoms with Crippen LogP contribution in [0.3, 0.4) is 0 Å². The van der Waals surface area contributed by atoms with Gasteiger partial charge in [-0.1, -0.05) is 60.2 Å². The number of likely N-dealkylation sites (N-methyl/N-ethyl adjacent to an activating group) is 1. The van der Waals surface area contributed by atoms with Gasteiger partial charge in [0, 0.05) is 23.7 Å². The molecule has 2 saturated heterocycles. The Balaban J connectivity index is 1.81. The Kier molecular flexibility index (Phi) is 3.75. The Labute approximate surface area is 172 Å². The molecule has 0 unspecified atom stereocenters. The number of hydrogen-bond donors (Lipinski definition) is 2. The molecule has 2 amide bonds. The van der Waals surface area contributed by atoms with Gasteiger partial charge >= 0.3 is 0 Å². The molecule has 0 aromatic heterocycles. The number of benzene rings is 2. The predicted molar refractivity (Wildman–Crippen MR) is 115 cm³/mol. The minimum absolute atomic E-state index is 0.105. The van der Waals surface area contributed by atoms with Crippen molar-refractivity contribution in [2.75, 3.05) is 18.9 Å². The molecule has 3 heterocycles. The van der Waals surface area contributed by atoms with E-state index >= 15 is 0 Å². The summed E-state index contributed by atoms with van der Waals surface area (Å²) in [6.07, 6.45) is 0. The highest BCUT2D eigenvalue weighted by Gasteiger charge is 2.75. The molecule has 5 rings (SSSR count). The van der Waals surface area contributed by atoms with Gasteiger partial charge in [-0.05, 0) is 37.4 Å². The van der Waals surface area contributed by atoms with E-state index in [1.807, 2.05) is 38.2 Å². The van der Waals surface area contributed by atoms with Crippen molar-refractivity contribution in [1.82, 2.24) is 10.2 Å². The number of carbonyl (C=O) groups is 2. The number of nitrogens with zero attached hydrogens (tertiary/aromatic N) is 1. The van der Waals surface area contributed by atoms with Gasteiger partial charge in [-0.15, -0.1) is 0 Å². The molecule has 2 aromatic rings. The summed E-state index contributed by atoms with van der Waals surface area (Å²) in [5.41, 5.74) is 2.87. The Morgan fingerprint density at radius 1 is 1.11 bits per heavy atom. The zero-order chi connectivity index (χ0) is 19.7. The number of carbonyl (C=O) groups excluding carboxylic acids is 2. The first-order chi connectivity index (χ1) is 13.4. The summed E-state index contributed by atoms with van der Waals surface area (Å²) in [5.74, 6) is -0.233. The SMILES string of the molecule is Cc1ccc([C@H]2CN(C)[C@@]3(C(=O)Nc4ccccc43)[C@@]23SC(=O)NC3=S)cc1. The maximum Gasteiger partial charge on any atom is 0.284 e. The van der Waals surface area contributed by atoms with Crippen LogP contribution < -0.4 is 10.6 Å². The van der Waals surface area contributed by atoms with Crippen molar-refractivity contribution in [2.24, 2.45) is 0 Å². The van der Waals surface area contributed by atoms with Gasteiger partial charge in [-0.3, -0.25) is 14.5 Å². The summed E-state index contributed by atoms with van der Waals surface area (Å²) in [7, 11) is 1.95. The summed E-state index contributed by atoms with van der Waals surface area (Å²) in [4.78, 5) is 28.6. The lowest BCUT2D eigenvalue weighted by molar-refractivity contribution is -0.125. The highest BCUT2D eigenvalue weighted by molar-refractivity contribution is 8.17. The molecule has 5 nitrogen and oxygen atoms in total. The first-order valence-electron chi connectivity index (χ1n) is 9.14. The lowest BCUT2D eigenvalue weighted by Crippen LogP contribution is -2.61. The molecule has 2 fully saturated rings. The van der Waals surface area contributed by atoms with Crippen molar-refractivity contribution in [3.63, 3.8) is 0 Å². The molecule has 2 spiro atoms. The standard InChI is InChI=1S/C21H19N3O2S2/c1-12-7-9-13(10-8-12)15-11-24(2)20(21(15)18(27)23-19(26)28-21)14-5-3-4-6-16(14)22-17(20)25/h3-10,15H,11H2,1-2H3,(H,22,25)(H,23,26,27)/t15-,20+,21-/m1/s1. The number of thioether (sulfide) groups is 1. The first kappa shape index (κ1) is 17.8. The normalized spacial score (nSPS) is 31.5. The topological polar surface area (TPSA) is 61.4 Å². The Morgan fingerprint density at radius 3 is 2.50 bits per heavy atom. The molecule has 0 bridgehead atoms. The summed E-state index contributed by atoms with van der Waals surface area (Å²) in [5, 5.41) is 5.67. The van der Waals surface area contributed by atoms with Crippen LogP contribution in [-0.4, -0.2) is 39.4 Å². The van der Waals surface area contributed by atoms with Crippen molar-refractivity contribution < 1.29 is 9.59 Å². The van der Waals surface area contributed by atoms with Crippen molar-refractivity contribution in [1.29, 1.82) is 0 Å². The fourth-order valence-electron chi connectivity index (χ4n) is 5.08. The third-order valence-electron chi connectivity index (χ3n) is 6.24. The largest absolute Gasteiger partial charge is 0.324 e. The third kappa shape index (κ3) is 1.99. The maximum atomic E-state index is 13.5. The molecule has 142 valence electrons. The van der Waals surface area contributed by atoms with E-state index < -0.39 is 10.3 Å². The number of likely N-dealkylation sites (tertiary alicyclic amines) is 1. The third-order valence-corrected chi connectivity index (χ3v) is 8.18. The zero-order valence-electron chi connectivity index (χ0n) is 15.5. The van der Waals surface area contributed by atoms with Crippen molar-refractivity contribution in [3.05, 3.63) is 65.2 Å². The maximum absolute atomic E-state index is 13.5. The van der Waals surface area contributed by atoms with Crippen LogP contribution in [0, 0.1) is 6.92 Å². The van der Waals surface area contributed by atoms with Gasteiger partial charge in [0.2, 0.25) is 0 Å². The number of fused-ring (bicyclic) bond motifs is 3. The van der Waals surface area contributed by atoms with Gasteiger partial charge in [-0.25, -0.2) is 0 Å². The Bertz CT molecular complexity index is 1040. The Morgan fingerprint density at radius 2 is 1.82 bits per heavy atom. The summed E-state index contributed by atoms with van der Waals surface area (Å²) < 4.78 is -0.903. The molecule has 3 aliphatic heterocycles. The number of rotatable bonds is 1. The molecule has 0 saturated carbocycles. The van der Waals surface area contributed by atoms with Gasteiger partial charge < -0.3 is 10.6 Å². The van der Waals surface area contributed by atoms with Crippen LogP contribution >= 0.6 is 24.0 Å². The molecule has 0 aliphatic carbocycles. The van der Waals surface area contributed by atoms with E-state index in [4.69, 9.17) is 12.2 Å². The molecule has 3 aliphatic rings. The van der Waals surface area contributed by atoms with Crippen molar-refractivity contribution in [3.8, 4) is 0 Å². The highest BCUT2D eigenvalue weighted by atomic mass is 32.2. The smallest absolute Gasteiger partial charge is 0.284 e. The van der Waals surface area contributed by atoms with Crippen LogP contribution in [0.2, 0.25) is 0 Å². The average molecular weight is 410 g/mol. The zero-order valence-corrected chi connectivity index (χ0v) is 17.1. The summed E-state index contributed by atoms with van der Waals surface area (Å²) in [6.45, 7) is 2.66. The monoisotopic (exact) mass is 409 g/mol. The molecule has 28 heavy (non-hydrogen) atoms. The first-order valence-corrected chi connectivity index (χ1v) is 10.4. The molecular weight excluding hydrogens is 390 g/mol. The highest BCUT2D eigenvalue weighted by Crippen LogP contribution is 2.64. The number of anilines is 1. The second-order valence-electron chi connectivity index (χ2n) is 7.63. The van der Waals surface area contributed by atoms with E-state index in [-0.39, 0.29) is 17.1 Å². The van der Waals surface area contributed by atoms with Gasteiger partial charge in [0.25, 0.3) is 11.1 Å². The second kappa shape index (κ2) is 5.89. The molecular formula is C21H19N3O2S2. The van der Waals surface area contributed by atoms with Gasteiger partial charge in [-0.2, -0.15) is 0 Å². The van der Waals surface area contributed by atoms with E-state index in [1.165, 1.54) is 5.56 Å². The van der Waals surface area contributed by atoms with Gasteiger partial charge in [0.05, 0.1) is 0 Å². The van der Waals surface area contributed by atoms with Gasteiger partial charge in [0.1, 0.15) is 9.74 Å². The number of para-hydroxylation sites is 1. The molecule has 3 atom stereocenters. The van der Waals surface area contributed by atoms with Crippen LogP contribution in [0.15, 0.2) is 48.5 Å². The van der Waals surface area contributed by atoms with E-state index in [0.717, 1.165) is 28.6 Å². The average Bonchev–Trinajstić information content (AvgIpc) is 3.23. The summed E-state index contributed by atoms with van der Waals surface area (Å²) >= 11 is 6.92. The van der Waals surface area contributed by atoms with E-state index in [2.05, 4.69) is 39.8 Å². The molecule has 2 N–H and O–H groups in total. The number of aryl methyl sites for hydroxylation is 1. The fourth-order valence-corrected chi connectivity index (χ4v) is 7.10. The van der Waals surface area contributed by atoms with E-state index in [1.54, 1.807) is 0 Å². The molecule has 7 heteroatoms. The summed E-state index contributed by atoms with van der Waals surface area (Å²) in [6, 6.07) is 16.0. The van der Waals surface area contributed by atoms with Crippen molar-refractivity contribution >= 4 is 45.8 Å². The number of nitrogens with one attached hydrogen (secondary N) is 2. The minimum Gasteiger partial charge on any atom is -0.324 e. The van der Waals surface area contributed by atoms with Crippen LogP contribution in [-0.2, 0) is 10.3 Å². The van der Waals surface area contributed by atoms with Crippen molar-refractivity contribution in [2.45, 2.75) is 23.1 Å². The van der Waals surface area contributed by atoms with Crippen LogP contribution in [0.1, 0.15) is 22.6 Å². The van der Waals surface area contributed by atoms with Crippen LogP contribution in [0.4, 0.5) is 10.5 Å². The Hall–Kier alpha value is -2.22. The molecule has 0 radical (unpaired) electrons. The van der Waals surface area contributed by atoms with E-state index in [0.29, 0.717) is 11.5 Å². The predicted octanol–water partition coefficient (Wildman–Crippen LogP) is 3.39. The van der Waals surface area contributed by atoms with Crippen LogP contribution in [0.5, 0.6) is 0 Å². The van der Waals surface area contributed by atoms with Gasteiger partial charge in [0.15, 0.2) is 5.54 Å². The van der Waals surface area contributed by atoms with Crippen LogP contribution in [0.25, 0.3) is 0 Å². The lowest BCUT2D eigenvalue weighted by Gasteiger charge is -2.42.